The maximum atomic E-state index is 13.3. The van der Waals surface area contributed by atoms with E-state index in [1.165, 1.54) is 30.2 Å². The number of ether oxygens (including phenoxy) is 1. The SMILES string of the molecule is COc1ccccc1N(CN1CCCC1=O)C(=O)c1cc(C(F)(F)F)cc(C(F)(F)F)c1. The third-order valence-electron chi connectivity index (χ3n) is 4.94. The lowest BCUT2D eigenvalue weighted by Gasteiger charge is -2.29. The molecule has 0 aromatic heterocycles. The fourth-order valence-electron chi connectivity index (χ4n) is 3.36. The Bertz CT molecular complexity index is 987. The summed E-state index contributed by atoms with van der Waals surface area (Å²) in [6, 6.07) is 6.70. The third-order valence-corrected chi connectivity index (χ3v) is 4.94. The zero-order valence-corrected chi connectivity index (χ0v) is 16.8. The van der Waals surface area contributed by atoms with Crippen molar-refractivity contribution < 1.29 is 40.7 Å². The molecule has 172 valence electrons. The van der Waals surface area contributed by atoms with E-state index in [9.17, 15) is 35.9 Å². The third kappa shape index (κ3) is 4.97. The lowest BCUT2D eigenvalue weighted by atomic mass is 10.0. The molecule has 1 heterocycles. The minimum absolute atomic E-state index is 0.0474. The molecule has 0 atom stereocenters. The molecule has 0 radical (unpaired) electrons. The number of anilines is 1. The molecule has 2 amide bonds. The Morgan fingerprint density at radius 3 is 2.12 bits per heavy atom. The first-order valence-corrected chi connectivity index (χ1v) is 9.44. The number of benzene rings is 2. The van der Waals surface area contributed by atoms with Gasteiger partial charge >= 0.3 is 12.4 Å². The van der Waals surface area contributed by atoms with Crippen LogP contribution in [0.1, 0.15) is 34.3 Å². The number of rotatable bonds is 5. The fraction of sp³-hybridized carbons (Fsp3) is 0.333. The van der Waals surface area contributed by atoms with Crippen LogP contribution in [0.3, 0.4) is 0 Å². The highest BCUT2D eigenvalue weighted by molar-refractivity contribution is 6.07. The molecule has 0 saturated carbocycles. The van der Waals surface area contributed by atoms with Crippen LogP contribution < -0.4 is 9.64 Å². The van der Waals surface area contributed by atoms with Crippen LogP contribution in [0.5, 0.6) is 5.75 Å². The van der Waals surface area contributed by atoms with Crippen molar-refractivity contribution >= 4 is 17.5 Å². The smallest absolute Gasteiger partial charge is 0.416 e. The van der Waals surface area contributed by atoms with E-state index >= 15 is 0 Å². The summed E-state index contributed by atoms with van der Waals surface area (Å²) in [7, 11) is 1.30. The van der Waals surface area contributed by atoms with Gasteiger partial charge in [-0.3, -0.25) is 14.5 Å². The van der Waals surface area contributed by atoms with Crippen LogP contribution in [0.25, 0.3) is 0 Å². The van der Waals surface area contributed by atoms with Gasteiger partial charge in [0, 0.05) is 18.5 Å². The Labute approximate surface area is 179 Å². The molecule has 0 unspecified atom stereocenters. The molecule has 0 N–H and O–H groups in total. The Kier molecular flexibility index (Phi) is 6.38. The van der Waals surface area contributed by atoms with Crippen molar-refractivity contribution in [3.8, 4) is 5.75 Å². The van der Waals surface area contributed by atoms with Gasteiger partial charge in [0.05, 0.1) is 23.9 Å². The Hall–Kier alpha value is -3.24. The molecule has 0 spiro atoms. The van der Waals surface area contributed by atoms with Gasteiger partial charge in [-0.05, 0) is 36.8 Å². The Balaban J connectivity index is 2.12. The van der Waals surface area contributed by atoms with Crippen molar-refractivity contribution in [3.63, 3.8) is 0 Å². The van der Waals surface area contributed by atoms with Gasteiger partial charge < -0.3 is 9.64 Å². The largest absolute Gasteiger partial charge is 0.495 e. The van der Waals surface area contributed by atoms with E-state index in [-0.39, 0.29) is 36.5 Å². The maximum Gasteiger partial charge on any atom is 0.416 e. The molecule has 0 bridgehead atoms. The van der Waals surface area contributed by atoms with E-state index in [2.05, 4.69) is 0 Å². The normalized spacial score (nSPS) is 14.6. The second-order valence-electron chi connectivity index (χ2n) is 7.10. The van der Waals surface area contributed by atoms with Crippen molar-refractivity contribution in [1.82, 2.24) is 4.90 Å². The van der Waals surface area contributed by atoms with Gasteiger partial charge in [-0.1, -0.05) is 12.1 Å². The van der Waals surface area contributed by atoms with E-state index in [1.54, 1.807) is 6.07 Å². The minimum Gasteiger partial charge on any atom is -0.495 e. The van der Waals surface area contributed by atoms with Crippen LogP contribution in [-0.4, -0.2) is 37.0 Å². The number of halogens is 6. The highest BCUT2D eigenvalue weighted by Gasteiger charge is 2.38. The molecule has 0 aliphatic carbocycles. The van der Waals surface area contributed by atoms with E-state index < -0.39 is 35.0 Å². The predicted molar refractivity (Wildman–Crippen MR) is 102 cm³/mol. The molecule has 1 saturated heterocycles. The van der Waals surface area contributed by atoms with Crippen LogP contribution in [0, 0.1) is 0 Å². The van der Waals surface area contributed by atoms with Gasteiger partial charge in [0.25, 0.3) is 5.91 Å². The number of methoxy groups -OCH3 is 1. The first-order chi connectivity index (χ1) is 14.9. The molecule has 11 heteroatoms. The number of hydrogen-bond donors (Lipinski definition) is 0. The molecule has 5 nitrogen and oxygen atoms in total. The highest BCUT2D eigenvalue weighted by atomic mass is 19.4. The number of alkyl halides is 6. The fourth-order valence-corrected chi connectivity index (χ4v) is 3.36. The summed E-state index contributed by atoms with van der Waals surface area (Å²) in [4.78, 5) is 27.6. The number of para-hydroxylation sites is 2. The van der Waals surface area contributed by atoms with Crippen LogP contribution >= 0.6 is 0 Å². The number of nitrogens with zero attached hydrogens (tertiary/aromatic N) is 2. The summed E-state index contributed by atoms with van der Waals surface area (Å²) >= 11 is 0. The van der Waals surface area contributed by atoms with Crippen molar-refractivity contribution in [1.29, 1.82) is 0 Å². The summed E-state index contributed by atoms with van der Waals surface area (Å²) in [6.07, 6.45) is -9.45. The summed E-state index contributed by atoms with van der Waals surface area (Å²) in [5, 5.41) is 0. The average Bonchev–Trinajstić information content (AvgIpc) is 3.14. The topological polar surface area (TPSA) is 49.9 Å². The second-order valence-corrected chi connectivity index (χ2v) is 7.10. The van der Waals surface area contributed by atoms with E-state index in [0.717, 1.165) is 4.90 Å². The molecule has 32 heavy (non-hydrogen) atoms. The quantitative estimate of drug-likeness (QED) is 0.593. The molecule has 2 aromatic carbocycles. The van der Waals surface area contributed by atoms with Crippen molar-refractivity contribution in [2.75, 3.05) is 25.2 Å². The zero-order valence-electron chi connectivity index (χ0n) is 16.8. The minimum atomic E-state index is -5.10. The van der Waals surface area contributed by atoms with Crippen LogP contribution in [0.4, 0.5) is 32.0 Å². The molecular formula is C21H18F6N2O3. The lowest BCUT2D eigenvalue weighted by molar-refractivity contribution is -0.143. The first-order valence-electron chi connectivity index (χ1n) is 9.44. The second kappa shape index (κ2) is 8.71. The van der Waals surface area contributed by atoms with Crippen LogP contribution in [0.15, 0.2) is 42.5 Å². The van der Waals surface area contributed by atoms with Crippen molar-refractivity contribution in [2.45, 2.75) is 25.2 Å². The molecular weight excluding hydrogens is 442 g/mol. The Morgan fingerprint density at radius 2 is 1.62 bits per heavy atom. The summed E-state index contributed by atoms with van der Waals surface area (Å²) in [5.74, 6) is -1.25. The number of likely N-dealkylation sites (tertiary alicyclic amines) is 1. The Morgan fingerprint density at radius 1 is 1.03 bits per heavy atom. The predicted octanol–water partition coefficient (Wildman–Crippen LogP) is 4.96. The van der Waals surface area contributed by atoms with Gasteiger partial charge in [0.2, 0.25) is 5.91 Å². The maximum absolute atomic E-state index is 13.3. The molecule has 1 aliphatic rings. The summed E-state index contributed by atoms with van der Waals surface area (Å²) in [6.45, 7) is -0.0518. The average molecular weight is 460 g/mol. The van der Waals surface area contributed by atoms with E-state index in [1.807, 2.05) is 0 Å². The van der Waals surface area contributed by atoms with Gasteiger partial charge in [-0.25, -0.2) is 0 Å². The monoisotopic (exact) mass is 460 g/mol. The molecule has 1 fully saturated rings. The van der Waals surface area contributed by atoms with Gasteiger partial charge in [0.1, 0.15) is 12.4 Å². The van der Waals surface area contributed by atoms with E-state index in [4.69, 9.17) is 4.74 Å². The van der Waals surface area contributed by atoms with E-state index in [0.29, 0.717) is 25.1 Å². The lowest BCUT2D eigenvalue weighted by Crippen LogP contribution is -2.42. The van der Waals surface area contributed by atoms with Crippen molar-refractivity contribution in [2.24, 2.45) is 0 Å². The molecule has 2 aromatic rings. The van der Waals surface area contributed by atoms with Gasteiger partial charge in [0.15, 0.2) is 0 Å². The van der Waals surface area contributed by atoms with Crippen LogP contribution in [0.2, 0.25) is 0 Å². The molecule has 1 aliphatic heterocycles. The summed E-state index contributed by atoms with van der Waals surface area (Å²) in [5.41, 5.74) is -3.92. The summed E-state index contributed by atoms with van der Waals surface area (Å²) < 4.78 is 84.7. The number of amides is 2. The van der Waals surface area contributed by atoms with Gasteiger partial charge in [-0.15, -0.1) is 0 Å². The van der Waals surface area contributed by atoms with Crippen LogP contribution in [-0.2, 0) is 17.1 Å². The first kappa shape index (κ1) is 23.4. The number of carbonyl (C=O) groups is 2. The number of carbonyl (C=O) groups excluding carboxylic acids is 2. The highest BCUT2D eigenvalue weighted by Crippen LogP contribution is 2.37. The van der Waals surface area contributed by atoms with Gasteiger partial charge in [-0.2, -0.15) is 26.3 Å². The zero-order chi connectivity index (χ0) is 23.7. The molecule has 3 rings (SSSR count). The van der Waals surface area contributed by atoms with Crippen molar-refractivity contribution in [3.05, 3.63) is 59.2 Å². The standard InChI is InChI=1S/C21H18F6N2O3/c1-32-17-6-3-2-5-16(17)29(12-28-8-4-7-18(28)30)19(31)13-9-14(20(22,23)24)11-15(10-13)21(25,26)27/h2-3,5-6,9-11H,4,7-8,12H2,1H3. The number of hydrogen-bond acceptors (Lipinski definition) is 3.